The highest BCUT2D eigenvalue weighted by molar-refractivity contribution is 6.36. The van der Waals surface area contributed by atoms with Crippen LogP contribution in [0.25, 0.3) is 11.3 Å². The van der Waals surface area contributed by atoms with Crippen molar-refractivity contribution in [2.45, 2.75) is 0 Å². The van der Waals surface area contributed by atoms with Gasteiger partial charge in [0.05, 0.1) is 10.7 Å². The molecule has 0 aliphatic heterocycles. The summed E-state index contributed by atoms with van der Waals surface area (Å²) >= 11 is 11.8. The number of benzene rings is 1. The van der Waals surface area contributed by atoms with E-state index in [1.54, 1.807) is 30.5 Å². The number of hydrogen-bond acceptors (Lipinski definition) is 1. The summed E-state index contributed by atoms with van der Waals surface area (Å²) in [5.41, 5.74) is 1.67. The fourth-order valence-corrected chi connectivity index (χ4v) is 1.67. The topological polar surface area (TPSA) is 12.9 Å². The molecule has 0 aliphatic carbocycles. The highest BCUT2D eigenvalue weighted by atomic mass is 35.5. The first kappa shape index (κ1) is 9.50. The highest BCUT2D eigenvalue weighted by Crippen LogP contribution is 2.28. The second kappa shape index (κ2) is 3.99. The van der Waals surface area contributed by atoms with Gasteiger partial charge < -0.3 is 0 Å². The summed E-state index contributed by atoms with van der Waals surface area (Å²) in [6.07, 6.45) is 1.68. The van der Waals surface area contributed by atoms with Gasteiger partial charge in [0.15, 0.2) is 0 Å². The predicted octanol–water partition coefficient (Wildman–Crippen LogP) is 3.86. The molecule has 0 saturated carbocycles. The van der Waals surface area contributed by atoms with Crippen LogP contribution in [0.2, 0.25) is 10.0 Å². The molecule has 1 aromatic heterocycles. The molecule has 0 saturated heterocycles. The zero-order valence-electron chi connectivity index (χ0n) is 7.17. The minimum Gasteiger partial charge on any atom is -0.256 e. The lowest BCUT2D eigenvalue weighted by Crippen LogP contribution is -1.82. The molecule has 0 aliphatic rings. The quantitative estimate of drug-likeness (QED) is 0.715. The maximum atomic E-state index is 6.03. The third-order valence-corrected chi connectivity index (χ3v) is 2.36. The molecule has 2 rings (SSSR count). The van der Waals surface area contributed by atoms with E-state index in [1.807, 2.05) is 6.07 Å². The normalized spacial score (nSPS) is 10.1. The van der Waals surface area contributed by atoms with E-state index in [0.29, 0.717) is 10.0 Å². The first-order valence-corrected chi connectivity index (χ1v) is 4.80. The van der Waals surface area contributed by atoms with Gasteiger partial charge in [-0.15, -0.1) is 0 Å². The van der Waals surface area contributed by atoms with Crippen molar-refractivity contribution in [3.05, 3.63) is 52.6 Å². The van der Waals surface area contributed by atoms with Crippen LogP contribution in [-0.2, 0) is 0 Å². The second-order valence-electron chi connectivity index (χ2n) is 2.77. The number of rotatable bonds is 1. The Morgan fingerprint density at radius 1 is 1.21 bits per heavy atom. The van der Waals surface area contributed by atoms with Gasteiger partial charge in [-0.3, -0.25) is 4.98 Å². The Labute approximate surface area is 92.3 Å². The molecule has 0 spiro atoms. The smallest absolute Gasteiger partial charge is 0.0723 e. The number of hydrogen-bond donors (Lipinski definition) is 0. The molecule has 1 heterocycles. The van der Waals surface area contributed by atoms with Crippen molar-refractivity contribution >= 4 is 23.2 Å². The summed E-state index contributed by atoms with van der Waals surface area (Å²) in [4.78, 5) is 4.18. The number of aromatic nitrogens is 1. The summed E-state index contributed by atoms with van der Waals surface area (Å²) in [5.74, 6) is 0. The molecular formula is C11H6Cl2N. The fraction of sp³-hybridized carbons (Fsp3) is 0. The third kappa shape index (κ3) is 1.89. The van der Waals surface area contributed by atoms with E-state index in [-0.39, 0.29) is 0 Å². The second-order valence-corrected chi connectivity index (χ2v) is 3.61. The van der Waals surface area contributed by atoms with Crippen LogP contribution < -0.4 is 0 Å². The van der Waals surface area contributed by atoms with Crippen molar-refractivity contribution in [3.8, 4) is 11.3 Å². The molecule has 0 unspecified atom stereocenters. The van der Waals surface area contributed by atoms with Gasteiger partial charge >= 0.3 is 0 Å². The minimum absolute atomic E-state index is 0.601. The molecule has 0 amide bonds. The largest absolute Gasteiger partial charge is 0.256 e. The van der Waals surface area contributed by atoms with Gasteiger partial charge in [-0.25, -0.2) is 0 Å². The molecule has 0 fully saturated rings. The van der Waals surface area contributed by atoms with Gasteiger partial charge in [-0.2, -0.15) is 0 Å². The van der Waals surface area contributed by atoms with E-state index in [9.17, 15) is 0 Å². The average Bonchev–Trinajstić information content (AvgIpc) is 2.19. The molecular weight excluding hydrogens is 217 g/mol. The monoisotopic (exact) mass is 222 g/mol. The number of pyridine rings is 1. The molecule has 3 heteroatoms. The van der Waals surface area contributed by atoms with Gasteiger partial charge in [0.25, 0.3) is 0 Å². The minimum atomic E-state index is 0.601. The molecule has 69 valence electrons. The molecule has 0 bridgehead atoms. The van der Waals surface area contributed by atoms with Gasteiger partial charge in [-0.05, 0) is 36.4 Å². The number of nitrogens with zero attached hydrogens (tertiary/aromatic N) is 1. The Balaban J connectivity index is 2.53. The van der Waals surface area contributed by atoms with E-state index in [2.05, 4.69) is 11.1 Å². The van der Waals surface area contributed by atoms with Crippen LogP contribution in [0.15, 0.2) is 36.5 Å². The van der Waals surface area contributed by atoms with Crippen LogP contribution in [0.4, 0.5) is 0 Å². The summed E-state index contributed by atoms with van der Waals surface area (Å²) in [7, 11) is 0. The van der Waals surface area contributed by atoms with Crippen molar-refractivity contribution in [2.75, 3.05) is 0 Å². The van der Waals surface area contributed by atoms with E-state index in [0.717, 1.165) is 11.3 Å². The lowest BCUT2D eigenvalue weighted by atomic mass is 10.1. The van der Waals surface area contributed by atoms with E-state index < -0.39 is 0 Å². The molecule has 14 heavy (non-hydrogen) atoms. The van der Waals surface area contributed by atoms with Crippen molar-refractivity contribution < 1.29 is 0 Å². The SMILES string of the molecule is Clc1ccc(-c2c[c]ccn2)c(Cl)c1. The van der Waals surface area contributed by atoms with Crippen molar-refractivity contribution in [1.29, 1.82) is 0 Å². The Hall–Kier alpha value is -1.05. The van der Waals surface area contributed by atoms with Gasteiger partial charge in [-0.1, -0.05) is 23.2 Å². The van der Waals surface area contributed by atoms with Crippen LogP contribution in [0.1, 0.15) is 0 Å². The van der Waals surface area contributed by atoms with E-state index in [1.165, 1.54) is 0 Å². The molecule has 2 aromatic rings. The van der Waals surface area contributed by atoms with Crippen LogP contribution >= 0.6 is 23.2 Å². The van der Waals surface area contributed by atoms with E-state index in [4.69, 9.17) is 23.2 Å². The molecule has 1 nitrogen and oxygen atoms in total. The Bertz CT molecular complexity index is 440. The van der Waals surface area contributed by atoms with Crippen molar-refractivity contribution in [1.82, 2.24) is 4.98 Å². The summed E-state index contributed by atoms with van der Waals surface area (Å²) < 4.78 is 0. The fourth-order valence-electron chi connectivity index (χ4n) is 1.17. The average molecular weight is 223 g/mol. The predicted molar refractivity (Wildman–Crippen MR) is 58.5 cm³/mol. The summed E-state index contributed by atoms with van der Waals surface area (Å²) in [5, 5.41) is 1.23. The van der Waals surface area contributed by atoms with Crippen LogP contribution in [0.5, 0.6) is 0 Å². The summed E-state index contributed by atoms with van der Waals surface area (Å²) in [6.45, 7) is 0. The maximum Gasteiger partial charge on any atom is 0.0723 e. The third-order valence-electron chi connectivity index (χ3n) is 1.81. The molecule has 1 aromatic carbocycles. The maximum absolute atomic E-state index is 6.03. The Kier molecular flexibility index (Phi) is 2.71. The molecule has 0 N–H and O–H groups in total. The van der Waals surface area contributed by atoms with Crippen molar-refractivity contribution in [3.63, 3.8) is 0 Å². The molecule has 1 radical (unpaired) electrons. The number of halogens is 2. The summed E-state index contributed by atoms with van der Waals surface area (Å²) in [6, 6.07) is 11.8. The Morgan fingerprint density at radius 2 is 2.07 bits per heavy atom. The van der Waals surface area contributed by atoms with Gasteiger partial charge in [0.1, 0.15) is 0 Å². The van der Waals surface area contributed by atoms with Gasteiger partial charge in [0, 0.05) is 16.8 Å². The van der Waals surface area contributed by atoms with Gasteiger partial charge in [0.2, 0.25) is 0 Å². The first-order chi connectivity index (χ1) is 6.77. The van der Waals surface area contributed by atoms with Crippen LogP contribution in [0, 0.1) is 6.07 Å². The molecule has 0 atom stereocenters. The van der Waals surface area contributed by atoms with Crippen LogP contribution in [-0.4, -0.2) is 4.98 Å². The highest BCUT2D eigenvalue weighted by Gasteiger charge is 2.03. The zero-order valence-corrected chi connectivity index (χ0v) is 8.68. The Morgan fingerprint density at radius 3 is 2.71 bits per heavy atom. The van der Waals surface area contributed by atoms with E-state index >= 15 is 0 Å². The lowest BCUT2D eigenvalue weighted by molar-refractivity contribution is 1.32. The standard InChI is InChI=1S/C11H6Cl2N/c12-8-4-5-9(10(13)7-8)11-3-1-2-6-14-11/h2-7H. The van der Waals surface area contributed by atoms with Crippen LogP contribution in [0.3, 0.4) is 0 Å². The first-order valence-electron chi connectivity index (χ1n) is 4.05. The lowest BCUT2D eigenvalue weighted by Gasteiger charge is -2.02. The van der Waals surface area contributed by atoms with Crippen molar-refractivity contribution in [2.24, 2.45) is 0 Å². The zero-order chi connectivity index (χ0) is 9.97.